The number of halogens is 1. The van der Waals surface area contributed by atoms with E-state index in [1.165, 1.54) is 6.08 Å². The molecule has 0 aliphatic heterocycles. The zero-order valence-corrected chi connectivity index (χ0v) is 6.14. The molecule has 0 saturated heterocycles. The maximum absolute atomic E-state index is 9.96. The van der Waals surface area contributed by atoms with Gasteiger partial charge in [0.1, 0.15) is 6.29 Å². The predicted octanol–water partition coefficient (Wildman–Crippen LogP) is 2.19. The lowest BCUT2D eigenvalue weighted by Gasteiger charge is -1.91. The van der Waals surface area contributed by atoms with Gasteiger partial charge in [-0.1, -0.05) is 29.8 Å². The van der Waals surface area contributed by atoms with E-state index in [1.807, 2.05) is 18.2 Å². The Labute approximate surface area is 64.7 Å². The van der Waals surface area contributed by atoms with Gasteiger partial charge in [-0.05, 0) is 18.1 Å². The van der Waals surface area contributed by atoms with Gasteiger partial charge in [-0.15, -0.1) is 0 Å². The number of allylic oxidation sites excluding steroid dienone is 6. The first-order valence-corrected chi connectivity index (χ1v) is 3.40. The summed E-state index contributed by atoms with van der Waals surface area (Å²) in [5.41, 5.74) is 0.939. The Kier molecular flexibility index (Phi) is 2.46. The van der Waals surface area contributed by atoms with Crippen molar-refractivity contribution < 1.29 is 4.79 Å². The number of aldehydes is 1. The first-order valence-electron chi connectivity index (χ1n) is 3.02. The highest BCUT2D eigenvalue weighted by Gasteiger charge is 2.00. The fraction of sp³-hybridized carbons (Fsp3) is 0.125. The molecular formula is C8H7ClO. The third-order valence-corrected chi connectivity index (χ3v) is 1.61. The van der Waals surface area contributed by atoms with E-state index in [0.29, 0.717) is 11.3 Å². The molecule has 0 N–H and O–H groups in total. The number of carbonyl (C=O) groups excluding carboxylic acids is 1. The summed E-state index contributed by atoms with van der Waals surface area (Å²) in [6, 6.07) is 0. The number of carbonyl (C=O) groups is 1. The largest absolute Gasteiger partial charge is 0.299 e. The summed E-state index contributed by atoms with van der Waals surface area (Å²) in [6.45, 7) is 0. The molecule has 0 unspecified atom stereocenters. The minimum atomic E-state index is 0.517. The molecule has 1 nitrogen and oxygen atoms in total. The van der Waals surface area contributed by atoms with Crippen molar-refractivity contribution >= 4 is 17.9 Å². The van der Waals surface area contributed by atoms with Crippen molar-refractivity contribution in [2.45, 2.75) is 6.42 Å². The zero-order valence-electron chi connectivity index (χ0n) is 5.38. The zero-order chi connectivity index (χ0) is 7.40. The van der Waals surface area contributed by atoms with Gasteiger partial charge in [0, 0.05) is 0 Å². The molecule has 0 atom stereocenters. The smallest absolute Gasteiger partial charge is 0.144 e. The lowest BCUT2D eigenvalue weighted by molar-refractivity contribution is -0.104. The summed E-state index contributed by atoms with van der Waals surface area (Å²) in [5, 5.41) is 0.517. The molecule has 0 heterocycles. The normalized spacial score (nSPS) is 17.3. The molecule has 0 spiro atoms. The average Bonchev–Trinajstić information content (AvgIpc) is 2.38. The van der Waals surface area contributed by atoms with Gasteiger partial charge < -0.3 is 0 Å². The van der Waals surface area contributed by atoms with Gasteiger partial charge in [-0.25, -0.2) is 0 Å². The maximum Gasteiger partial charge on any atom is 0.144 e. The highest BCUT2D eigenvalue weighted by molar-refractivity contribution is 6.33. The fourth-order valence-corrected chi connectivity index (χ4v) is 0.983. The molecule has 0 amide bonds. The molecule has 0 aromatic carbocycles. The summed E-state index contributed by atoms with van der Waals surface area (Å²) in [6.07, 6.45) is 8.83. The highest BCUT2D eigenvalue weighted by atomic mass is 35.5. The first kappa shape index (κ1) is 7.29. The van der Waals surface area contributed by atoms with Crippen LogP contribution in [0.15, 0.2) is 34.9 Å². The SMILES string of the molecule is O=C/C=C(\Cl)C1=CCC=C1. The average molecular weight is 155 g/mol. The van der Waals surface area contributed by atoms with Crippen molar-refractivity contribution in [3.05, 3.63) is 34.9 Å². The van der Waals surface area contributed by atoms with Crippen LogP contribution in [0, 0.1) is 0 Å². The molecule has 10 heavy (non-hydrogen) atoms. The quantitative estimate of drug-likeness (QED) is 0.440. The second-order valence-electron chi connectivity index (χ2n) is 1.95. The molecule has 0 saturated carbocycles. The molecule has 0 fully saturated rings. The standard InChI is InChI=1S/C8H7ClO/c9-8(5-6-10)7-3-1-2-4-7/h1,3-6H,2H2/b8-5-. The summed E-state index contributed by atoms with van der Waals surface area (Å²) in [4.78, 5) is 9.96. The fourth-order valence-electron chi connectivity index (χ4n) is 0.791. The van der Waals surface area contributed by atoms with E-state index in [1.54, 1.807) is 0 Å². The van der Waals surface area contributed by atoms with Crippen LogP contribution < -0.4 is 0 Å². The van der Waals surface area contributed by atoms with Gasteiger partial charge in [0.05, 0.1) is 5.03 Å². The van der Waals surface area contributed by atoms with Crippen molar-refractivity contribution in [3.63, 3.8) is 0 Å². The van der Waals surface area contributed by atoms with Crippen molar-refractivity contribution in [3.8, 4) is 0 Å². The van der Waals surface area contributed by atoms with E-state index >= 15 is 0 Å². The van der Waals surface area contributed by atoms with Crippen LogP contribution in [0.2, 0.25) is 0 Å². The summed E-state index contributed by atoms with van der Waals surface area (Å²) >= 11 is 5.70. The van der Waals surface area contributed by atoms with Crippen LogP contribution >= 0.6 is 11.6 Å². The Morgan fingerprint density at radius 2 is 2.50 bits per heavy atom. The van der Waals surface area contributed by atoms with Crippen LogP contribution in [0.5, 0.6) is 0 Å². The Morgan fingerprint density at radius 1 is 1.70 bits per heavy atom. The van der Waals surface area contributed by atoms with Crippen molar-refractivity contribution in [2.24, 2.45) is 0 Å². The summed E-state index contributed by atoms with van der Waals surface area (Å²) < 4.78 is 0. The molecule has 52 valence electrons. The van der Waals surface area contributed by atoms with Gasteiger partial charge in [0.25, 0.3) is 0 Å². The lowest BCUT2D eigenvalue weighted by atomic mass is 10.2. The van der Waals surface area contributed by atoms with Gasteiger partial charge in [0.2, 0.25) is 0 Å². The van der Waals surface area contributed by atoms with Gasteiger partial charge in [0.15, 0.2) is 0 Å². The van der Waals surface area contributed by atoms with Crippen molar-refractivity contribution in [1.82, 2.24) is 0 Å². The third kappa shape index (κ3) is 1.58. The third-order valence-electron chi connectivity index (χ3n) is 1.26. The molecule has 0 aromatic heterocycles. The van der Waals surface area contributed by atoms with E-state index in [2.05, 4.69) is 0 Å². The maximum atomic E-state index is 9.96. The molecule has 1 rings (SSSR count). The van der Waals surface area contributed by atoms with Crippen LogP contribution in [0.4, 0.5) is 0 Å². The second kappa shape index (κ2) is 3.37. The van der Waals surface area contributed by atoms with E-state index in [9.17, 15) is 4.79 Å². The molecule has 2 heteroatoms. The van der Waals surface area contributed by atoms with Crippen molar-refractivity contribution in [1.29, 1.82) is 0 Å². The second-order valence-corrected chi connectivity index (χ2v) is 2.36. The Hall–Kier alpha value is -0.820. The number of hydrogen-bond donors (Lipinski definition) is 0. The van der Waals surface area contributed by atoms with Gasteiger partial charge >= 0.3 is 0 Å². The number of rotatable bonds is 2. The molecule has 0 aromatic rings. The first-order chi connectivity index (χ1) is 4.84. The Morgan fingerprint density at radius 3 is 3.00 bits per heavy atom. The monoisotopic (exact) mass is 154 g/mol. The van der Waals surface area contributed by atoms with Gasteiger partial charge in [-0.2, -0.15) is 0 Å². The minimum absolute atomic E-state index is 0.517. The summed E-state index contributed by atoms with van der Waals surface area (Å²) in [7, 11) is 0. The van der Waals surface area contributed by atoms with E-state index < -0.39 is 0 Å². The number of hydrogen-bond acceptors (Lipinski definition) is 1. The lowest BCUT2D eigenvalue weighted by Crippen LogP contribution is -1.74. The van der Waals surface area contributed by atoms with Crippen LogP contribution in [-0.2, 0) is 4.79 Å². The van der Waals surface area contributed by atoms with Crippen LogP contribution in [0.25, 0.3) is 0 Å². The highest BCUT2D eigenvalue weighted by Crippen LogP contribution is 2.20. The minimum Gasteiger partial charge on any atom is -0.299 e. The van der Waals surface area contributed by atoms with E-state index in [0.717, 1.165) is 12.0 Å². The molecular weight excluding hydrogens is 148 g/mol. The molecule has 1 aliphatic rings. The molecule has 1 aliphatic carbocycles. The van der Waals surface area contributed by atoms with Crippen molar-refractivity contribution in [2.75, 3.05) is 0 Å². The Bertz CT molecular complexity index is 223. The van der Waals surface area contributed by atoms with E-state index in [4.69, 9.17) is 11.6 Å². The predicted molar refractivity (Wildman–Crippen MR) is 41.8 cm³/mol. The van der Waals surface area contributed by atoms with Crippen LogP contribution in [-0.4, -0.2) is 6.29 Å². The summed E-state index contributed by atoms with van der Waals surface area (Å²) in [5.74, 6) is 0. The van der Waals surface area contributed by atoms with E-state index in [-0.39, 0.29) is 0 Å². The molecule has 0 radical (unpaired) electrons. The van der Waals surface area contributed by atoms with Gasteiger partial charge in [-0.3, -0.25) is 4.79 Å². The van der Waals surface area contributed by atoms with Crippen LogP contribution in [0.1, 0.15) is 6.42 Å². The molecule has 0 bridgehead atoms. The van der Waals surface area contributed by atoms with Crippen LogP contribution in [0.3, 0.4) is 0 Å². The Balaban J connectivity index is 2.73. The topological polar surface area (TPSA) is 17.1 Å².